The average molecular weight is 222 g/mol. The van der Waals surface area contributed by atoms with Crippen LogP contribution < -0.4 is 4.74 Å². The first-order chi connectivity index (χ1) is 7.79. The van der Waals surface area contributed by atoms with E-state index < -0.39 is 0 Å². The Hall–Kier alpha value is -1.06. The van der Waals surface area contributed by atoms with E-state index in [1.807, 2.05) is 24.3 Å². The van der Waals surface area contributed by atoms with Crippen LogP contribution in [0.5, 0.6) is 5.75 Å². The highest BCUT2D eigenvalue weighted by Gasteiger charge is 2.24. The zero-order valence-electron chi connectivity index (χ0n) is 9.30. The molecule has 0 heterocycles. The van der Waals surface area contributed by atoms with Crippen LogP contribution in [0.2, 0.25) is 0 Å². The van der Waals surface area contributed by atoms with Crippen molar-refractivity contribution < 1.29 is 14.9 Å². The number of hydrogen-bond acceptors (Lipinski definition) is 3. The van der Waals surface area contributed by atoms with Crippen molar-refractivity contribution in [1.82, 2.24) is 0 Å². The van der Waals surface area contributed by atoms with Gasteiger partial charge in [0.2, 0.25) is 0 Å². The van der Waals surface area contributed by atoms with E-state index in [0.29, 0.717) is 0 Å². The minimum absolute atomic E-state index is 0.0183. The van der Waals surface area contributed by atoms with Gasteiger partial charge in [-0.1, -0.05) is 18.6 Å². The minimum atomic E-state index is -0.355. The molecule has 16 heavy (non-hydrogen) atoms. The molecule has 1 aromatic carbocycles. The van der Waals surface area contributed by atoms with Crippen molar-refractivity contribution in [3.8, 4) is 5.75 Å². The summed E-state index contributed by atoms with van der Waals surface area (Å²) < 4.78 is 5.75. The maximum absolute atomic E-state index is 9.78. The van der Waals surface area contributed by atoms with Crippen LogP contribution >= 0.6 is 0 Å². The molecule has 1 aliphatic carbocycles. The zero-order chi connectivity index (χ0) is 11.4. The summed E-state index contributed by atoms with van der Waals surface area (Å²) in [5, 5.41) is 18.8. The fourth-order valence-corrected chi connectivity index (χ4v) is 2.11. The predicted octanol–water partition coefficient (Wildman–Crippen LogP) is 1.86. The van der Waals surface area contributed by atoms with Gasteiger partial charge in [0.05, 0.1) is 12.7 Å². The van der Waals surface area contributed by atoms with Gasteiger partial charge < -0.3 is 14.9 Å². The van der Waals surface area contributed by atoms with Gasteiger partial charge in [-0.25, -0.2) is 0 Å². The smallest absolute Gasteiger partial charge is 0.124 e. The van der Waals surface area contributed by atoms with Gasteiger partial charge in [0.25, 0.3) is 0 Å². The van der Waals surface area contributed by atoms with Crippen LogP contribution in [0, 0.1) is 0 Å². The molecule has 1 aromatic rings. The summed E-state index contributed by atoms with van der Waals surface area (Å²) in [7, 11) is 0. The second-order valence-electron chi connectivity index (χ2n) is 4.31. The first kappa shape index (κ1) is 11.4. The molecule has 0 bridgehead atoms. The number of rotatable bonds is 3. The van der Waals surface area contributed by atoms with E-state index in [4.69, 9.17) is 9.84 Å². The third-order valence-corrected chi connectivity index (χ3v) is 3.04. The Bertz CT molecular complexity index is 338. The number of ether oxygens (including phenoxy) is 1. The van der Waals surface area contributed by atoms with Crippen LogP contribution in [0.15, 0.2) is 24.3 Å². The van der Waals surface area contributed by atoms with Gasteiger partial charge in [-0.2, -0.15) is 0 Å². The summed E-state index contributed by atoms with van der Waals surface area (Å²) in [6.45, 7) is 0.0183. The molecular weight excluding hydrogens is 204 g/mol. The summed E-state index contributed by atoms with van der Waals surface area (Å²) in [4.78, 5) is 0. The molecule has 1 saturated carbocycles. The normalized spacial score (nSPS) is 25.4. The molecule has 3 heteroatoms. The van der Waals surface area contributed by atoms with E-state index >= 15 is 0 Å². The van der Waals surface area contributed by atoms with Gasteiger partial charge in [-0.05, 0) is 37.0 Å². The SMILES string of the molecule is OCc1cccc(OC2CCCCC2O)c1. The summed E-state index contributed by atoms with van der Waals surface area (Å²) in [5.74, 6) is 0.734. The molecule has 0 aromatic heterocycles. The summed E-state index contributed by atoms with van der Waals surface area (Å²) >= 11 is 0. The maximum atomic E-state index is 9.78. The van der Waals surface area contributed by atoms with Gasteiger partial charge in [0.15, 0.2) is 0 Å². The standard InChI is InChI=1S/C13H18O3/c14-9-10-4-3-5-11(8-10)16-13-7-2-1-6-12(13)15/h3-5,8,12-15H,1-2,6-7,9H2. The van der Waals surface area contributed by atoms with Gasteiger partial charge >= 0.3 is 0 Å². The Morgan fingerprint density at radius 2 is 2.06 bits per heavy atom. The van der Waals surface area contributed by atoms with Gasteiger partial charge in [0.1, 0.15) is 11.9 Å². The van der Waals surface area contributed by atoms with Crippen molar-refractivity contribution in [2.24, 2.45) is 0 Å². The molecule has 0 amide bonds. The third-order valence-electron chi connectivity index (χ3n) is 3.04. The fraction of sp³-hybridized carbons (Fsp3) is 0.538. The van der Waals surface area contributed by atoms with Crippen LogP contribution in [0.1, 0.15) is 31.2 Å². The first-order valence-electron chi connectivity index (χ1n) is 5.84. The van der Waals surface area contributed by atoms with Crippen LogP contribution in [0.4, 0.5) is 0 Å². The molecular formula is C13H18O3. The summed E-state index contributed by atoms with van der Waals surface area (Å²) in [6, 6.07) is 7.39. The van der Waals surface area contributed by atoms with Gasteiger partial charge in [0, 0.05) is 0 Å². The van der Waals surface area contributed by atoms with Crippen LogP contribution in [-0.4, -0.2) is 22.4 Å². The second kappa shape index (κ2) is 5.32. The van der Waals surface area contributed by atoms with Crippen LogP contribution in [0.3, 0.4) is 0 Å². The Morgan fingerprint density at radius 1 is 1.25 bits per heavy atom. The van der Waals surface area contributed by atoms with E-state index in [9.17, 15) is 5.11 Å². The molecule has 2 unspecified atom stereocenters. The summed E-state index contributed by atoms with van der Waals surface area (Å²) in [5.41, 5.74) is 0.836. The molecule has 1 fully saturated rings. The van der Waals surface area contributed by atoms with E-state index in [0.717, 1.165) is 37.0 Å². The molecule has 2 rings (SSSR count). The lowest BCUT2D eigenvalue weighted by atomic mass is 9.95. The molecule has 2 atom stereocenters. The number of benzene rings is 1. The zero-order valence-corrected chi connectivity index (χ0v) is 9.30. The Kier molecular flexibility index (Phi) is 3.80. The summed E-state index contributed by atoms with van der Waals surface area (Å²) in [6.07, 6.45) is 3.47. The van der Waals surface area contributed by atoms with Crippen molar-refractivity contribution in [3.05, 3.63) is 29.8 Å². The average Bonchev–Trinajstić information content (AvgIpc) is 2.32. The lowest BCUT2D eigenvalue weighted by Crippen LogP contribution is -2.34. The lowest BCUT2D eigenvalue weighted by molar-refractivity contribution is 0.00680. The number of hydrogen-bond donors (Lipinski definition) is 2. The lowest BCUT2D eigenvalue weighted by Gasteiger charge is -2.28. The predicted molar refractivity (Wildman–Crippen MR) is 61.3 cm³/mol. The monoisotopic (exact) mass is 222 g/mol. The minimum Gasteiger partial charge on any atom is -0.488 e. The highest BCUT2D eigenvalue weighted by molar-refractivity contribution is 5.28. The molecule has 0 saturated heterocycles. The largest absolute Gasteiger partial charge is 0.488 e. The fourth-order valence-electron chi connectivity index (χ4n) is 2.11. The number of aliphatic hydroxyl groups is 2. The quantitative estimate of drug-likeness (QED) is 0.820. The van der Waals surface area contributed by atoms with E-state index in [-0.39, 0.29) is 18.8 Å². The van der Waals surface area contributed by atoms with Crippen LogP contribution in [0.25, 0.3) is 0 Å². The number of aliphatic hydroxyl groups excluding tert-OH is 2. The first-order valence-corrected chi connectivity index (χ1v) is 5.84. The van der Waals surface area contributed by atoms with Crippen molar-refractivity contribution in [2.75, 3.05) is 0 Å². The van der Waals surface area contributed by atoms with Crippen molar-refractivity contribution in [3.63, 3.8) is 0 Å². The Morgan fingerprint density at radius 3 is 2.81 bits per heavy atom. The van der Waals surface area contributed by atoms with Crippen molar-refractivity contribution in [1.29, 1.82) is 0 Å². The Labute approximate surface area is 95.7 Å². The van der Waals surface area contributed by atoms with Crippen LogP contribution in [-0.2, 0) is 6.61 Å². The maximum Gasteiger partial charge on any atom is 0.124 e. The van der Waals surface area contributed by atoms with E-state index in [2.05, 4.69) is 0 Å². The van der Waals surface area contributed by atoms with Gasteiger partial charge in [-0.15, -0.1) is 0 Å². The molecule has 0 radical (unpaired) electrons. The molecule has 2 N–H and O–H groups in total. The third kappa shape index (κ3) is 2.74. The highest BCUT2D eigenvalue weighted by Crippen LogP contribution is 2.24. The molecule has 3 nitrogen and oxygen atoms in total. The van der Waals surface area contributed by atoms with Gasteiger partial charge in [-0.3, -0.25) is 0 Å². The highest BCUT2D eigenvalue weighted by atomic mass is 16.5. The Balaban J connectivity index is 2.01. The molecule has 1 aliphatic rings. The van der Waals surface area contributed by atoms with E-state index in [1.54, 1.807) is 0 Å². The van der Waals surface area contributed by atoms with Crippen molar-refractivity contribution in [2.45, 2.75) is 44.5 Å². The van der Waals surface area contributed by atoms with E-state index in [1.165, 1.54) is 0 Å². The molecule has 0 spiro atoms. The second-order valence-corrected chi connectivity index (χ2v) is 4.31. The molecule has 0 aliphatic heterocycles. The topological polar surface area (TPSA) is 49.7 Å². The molecule has 88 valence electrons. The van der Waals surface area contributed by atoms with Crippen molar-refractivity contribution >= 4 is 0 Å².